The average Bonchev–Trinajstić information content (AvgIpc) is 3.03. The third-order valence-corrected chi connectivity index (χ3v) is 8.61. The monoisotopic (exact) mass is 580 g/mol. The highest BCUT2D eigenvalue weighted by molar-refractivity contribution is 5.29. The fourth-order valence-corrected chi connectivity index (χ4v) is 5.97. The maximum Gasteiger partial charge on any atom is 0.184 e. The molecule has 2 saturated heterocycles. The lowest BCUT2D eigenvalue weighted by molar-refractivity contribution is -0.289. The Kier molecular flexibility index (Phi) is 15.0. The second-order valence-electron chi connectivity index (χ2n) is 12.2. The summed E-state index contributed by atoms with van der Waals surface area (Å²) in [5.74, 6) is 1.86. The highest BCUT2D eigenvalue weighted by Gasteiger charge is 2.38. The molecule has 0 unspecified atom stereocenters. The molecule has 2 aromatic carbocycles. The van der Waals surface area contributed by atoms with Gasteiger partial charge in [-0.2, -0.15) is 0 Å². The van der Waals surface area contributed by atoms with Crippen molar-refractivity contribution in [1.29, 1.82) is 0 Å². The quantitative estimate of drug-likeness (QED) is 0.146. The Morgan fingerprint density at radius 3 is 1.60 bits per heavy atom. The number of hydrogen-bond donors (Lipinski definition) is 0. The molecule has 0 amide bonds. The van der Waals surface area contributed by atoms with E-state index in [1.165, 1.54) is 82.6 Å². The summed E-state index contributed by atoms with van der Waals surface area (Å²) < 4.78 is 30.9. The van der Waals surface area contributed by atoms with Crippen LogP contribution < -0.4 is 9.47 Å². The second kappa shape index (κ2) is 19.2. The standard InChI is InChI=1S/C37H56O5/c1-3-5-7-9-11-12-14-16-28-38-32-21-17-30(18-22-32)34-25-26-35-36(41-34)29-40-37(42-35)31-19-23-33(24-20-31)39-27-15-13-10-8-6-4-2/h17-24,34-37H,3-16,25-29H2,1-2H3/t34-,35+,36-,37-/m1/s1. The SMILES string of the molecule is CCCCCCCCCCOc1ccc([C@H]2CC[C@@H]3O[C@H](c4ccc(OCCCCCCCC)cc4)OC[C@H]3O2)cc1. The van der Waals surface area contributed by atoms with Gasteiger partial charge in [0, 0.05) is 5.56 Å². The first-order valence-corrected chi connectivity index (χ1v) is 17.1. The molecule has 234 valence electrons. The Morgan fingerprint density at radius 1 is 0.548 bits per heavy atom. The van der Waals surface area contributed by atoms with Crippen LogP contribution in [0.2, 0.25) is 0 Å². The van der Waals surface area contributed by atoms with Gasteiger partial charge in [0.05, 0.1) is 32.0 Å². The molecular weight excluding hydrogens is 524 g/mol. The van der Waals surface area contributed by atoms with Gasteiger partial charge in [0.25, 0.3) is 0 Å². The van der Waals surface area contributed by atoms with E-state index >= 15 is 0 Å². The molecule has 0 aliphatic carbocycles. The molecule has 2 aliphatic rings. The predicted octanol–water partition coefficient (Wildman–Crippen LogP) is 10.3. The molecule has 0 N–H and O–H groups in total. The molecule has 0 radical (unpaired) electrons. The summed E-state index contributed by atoms with van der Waals surface area (Å²) >= 11 is 0. The summed E-state index contributed by atoms with van der Waals surface area (Å²) in [6, 6.07) is 16.7. The predicted molar refractivity (Wildman–Crippen MR) is 170 cm³/mol. The van der Waals surface area contributed by atoms with E-state index in [2.05, 4.69) is 50.2 Å². The van der Waals surface area contributed by atoms with Crippen LogP contribution in [-0.2, 0) is 14.2 Å². The highest BCUT2D eigenvalue weighted by atomic mass is 16.7. The first-order chi connectivity index (χ1) is 20.8. The molecule has 5 nitrogen and oxygen atoms in total. The highest BCUT2D eigenvalue weighted by Crippen LogP contribution is 2.39. The average molecular weight is 581 g/mol. The van der Waals surface area contributed by atoms with Crippen LogP contribution >= 0.6 is 0 Å². The van der Waals surface area contributed by atoms with Crippen molar-refractivity contribution in [3.63, 3.8) is 0 Å². The van der Waals surface area contributed by atoms with E-state index in [-0.39, 0.29) is 24.6 Å². The van der Waals surface area contributed by atoms with Gasteiger partial charge in [-0.15, -0.1) is 0 Å². The maximum atomic E-state index is 6.45. The van der Waals surface area contributed by atoms with Crippen LogP contribution in [0.4, 0.5) is 0 Å². The fraction of sp³-hybridized carbons (Fsp3) is 0.676. The van der Waals surface area contributed by atoms with Gasteiger partial charge in [0.1, 0.15) is 17.6 Å². The molecule has 42 heavy (non-hydrogen) atoms. The molecule has 0 saturated carbocycles. The van der Waals surface area contributed by atoms with Crippen LogP contribution in [0, 0.1) is 0 Å². The van der Waals surface area contributed by atoms with Crippen molar-refractivity contribution >= 4 is 0 Å². The van der Waals surface area contributed by atoms with Crippen LogP contribution in [0.3, 0.4) is 0 Å². The smallest absolute Gasteiger partial charge is 0.184 e. The Morgan fingerprint density at radius 2 is 1.05 bits per heavy atom. The van der Waals surface area contributed by atoms with Crippen molar-refractivity contribution in [2.45, 2.75) is 141 Å². The largest absolute Gasteiger partial charge is 0.494 e. The summed E-state index contributed by atoms with van der Waals surface area (Å²) in [6.45, 7) is 6.64. The van der Waals surface area contributed by atoms with Gasteiger partial charge in [-0.05, 0) is 55.5 Å². The minimum absolute atomic E-state index is 0.0437. The van der Waals surface area contributed by atoms with Gasteiger partial charge in [0.15, 0.2) is 6.29 Å². The minimum Gasteiger partial charge on any atom is -0.494 e. The fourth-order valence-electron chi connectivity index (χ4n) is 5.97. The van der Waals surface area contributed by atoms with Crippen molar-refractivity contribution in [2.24, 2.45) is 0 Å². The minimum atomic E-state index is -0.350. The molecule has 0 aromatic heterocycles. The van der Waals surface area contributed by atoms with Crippen molar-refractivity contribution in [3.8, 4) is 11.5 Å². The molecular formula is C37H56O5. The van der Waals surface area contributed by atoms with Crippen molar-refractivity contribution in [1.82, 2.24) is 0 Å². The van der Waals surface area contributed by atoms with E-state index in [0.717, 1.165) is 56.0 Å². The van der Waals surface area contributed by atoms with Crippen molar-refractivity contribution < 1.29 is 23.7 Å². The van der Waals surface area contributed by atoms with E-state index in [1.54, 1.807) is 0 Å². The molecule has 2 aliphatic heterocycles. The third kappa shape index (κ3) is 11.2. The van der Waals surface area contributed by atoms with Crippen molar-refractivity contribution in [3.05, 3.63) is 59.7 Å². The molecule has 2 aromatic rings. The normalized spacial score (nSPS) is 22.0. The first kappa shape index (κ1) is 32.8. The van der Waals surface area contributed by atoms with E-state index in [9.17, 15) is 0 Å². The van der Waals surface area contributed by atoms with E-state index < -0.39 is 0 Å². The lowest BCUT2D eigenvalue weighted by atomic mass is 9.95. The zero-order chi connectivity index (χ0) is 29.2. The summed E-state index contributed by atoms with van der Waals surface area (Å²) in [6.07, 6.45) is 19.8. The van der Waals surface area contributed by atoms with Crippen LogP contribution in [0.15, 0.2) is 48.5 Å². The molecule has 4 atom stereocenters. The molecule has 4 rings (SSSR count). The molecule has 0 spiro atoms. The van der Waals surface area contributed by atoms with Crippen LogP contribution in [0.5, 0.6) is 11.5 Å². The number of fused-ring (bicyclic) bond motifs is 1. The van der Waals surface area contributed by atoms with E-state index in [4.69, 9.17) is 23.7 Å². The van der Waals surface area contributed by atoms with Gasteiger partial charge in [0.2, 0.25) is 0 Å². The third-order valence-electron chi connectivity index (χ3n) is 8.61. The summed E-state index contributed by atoms with van der Waals surface area (Å²) in [5, 5.41) is 0. The van der Waals surface area contributed by atoms with Gasteiger partial charge in [-0.1, -0.05) is 115 Å². The van der Waals surface area contributed by atoms with Gasteiger partial charge < -0.3 is 23.7 Å². The topological polar surface area (TPSA) is 46.2 Å². The zero-order valence-corrected chi connectivity index (χ0v) is 26.4. The lowest BCUT2D eigenvalue weighted by Gasteiger charge is -2.42. The maximum absolute atomic E-state index is 6.45. The summed E-state index contributed by atoms with van der Waals surface area (Å²) in [7, 11) is 0. The van der Waals surface area contributed by atoms with Crippen molar-refractivity contribution in [2.75, 3.05) is 19.8 Å². The lowest BCUT2D eigenvalue weighted by Crippen LogP contribution is -2.45. The molecule has 5 heteroatoms. The zero-order valence-electron chi connectivity index (χ0n) is 26.4. The number of unbranched alkanes of at least 4 members (excludes halogenated alkanes) is 12. The Hall–Kier alpha value is -2.08. The number of hydrogen-bond acceptors (Lipinski definition) is 5. The van der Waals surface area contributed by atoms with Gasteiger partial charge in [-0.25, -0.2) is 0 Å². The van der Waals surface area contributed by atoms with Crippen LogP contribution in [-0.4, -0.2) is 32.0 Å². The Bertz CT molecular complexity index is 959. The number of rotatable bonds is 20. The molecule has 0 bridgehead atoms. The van der Waals surface area contributed by atoms with Gasteiger partial charge in [-0.3, -0.25) is 0 Å². The Balaban J connectivity index is 1.11. The number of ether oxygens (including phenoxy) is 5. The molecule has 2 heterocycles. The Labute approximate surface area is 255 Å². The second-order valence-corrected chi connectivity index (χ2v) is 12.2. The summed E-state index contributed by atoms with van der Waals surface area (Å²) in [5.41, 5.74) is 2.23. The first-order valence-electron chi connectivity index (χ1n) is 17.1. The van der Waals surface area contributed by atoms with E-state index in [0.29, 0.717) is 6.61 Å². The van der Waals surface area contributed by atoms with Crippen LogP contribution in [0.1, 0.15) is 140 Å². The number of benzene rings is 2. The van der Waals surface area contributed by atoms with Gasteiger partial charge >= 0.3 is 0 Å². The molecule has 2 fully saturated rings. The van der Waals surface area contributed by atoms with Crippen LogP contribution in [0.25, 0.3) is 0 Å². The summed E-state index contributed by atoms with van der Waals surface area (Å²) in [4.78, 5) is 0. The van der Waals surface area contributed by atoms with E-state index in [1.807, 2.05) is 12.1 Å².